The Morgan fingerprint density at radius 3 is 1.51 bits per heavy atom. The molecule has 266 valence electrons. The number of rotatable bonds is 5. The zero-order valence-electron chi connectivity index (χ0n) is 30.4. The van der Waals surface area contributed by atoms with E-state index in [0.29, 0.717) is 17.5 Å². The van der Waals surface area contributed by atoms with Crippen LogP contribution in [0.1, 0.15) is 0 Å². The standard InChI is InChI=1S/C51H30N4O2/c1-4-12-31(13-5-1)34-20-24-44-39(26-34)37-18-10-11-19-43(37)55(44)36-22-23-38-41-29-48-42(30-47(41)57-46(38)28-36)40-27-35(21-25-45(40)56-48)51-53-49(32-14-6-2-7-15-32)52-50(54-51)33-16-8-3-9-17-33/h1-30H. The van der Waals surface area contributed by atoms with Crippen LogP contribution >= 0.6 is 0 Å². The highest BCUT2D eigenvalue weighted by Gasteiger charge is 2.19. The molecule has 0 unspecified atom stereocenters. The van der Waals surface area contributed by atoms with Crippen LogP contribution < -0.4 is 0 Å². The van der Waals surface area contributed by atoms with Gasteiger partial charge in [-0.05, 0) is 71.8 Å². The molecule has 6 heteroatoms. The maximum Gasteiger partial charge on any atom is 0.164 e. The molecule has 0 atom stereocenters. The van der Waals surface area contributed by atoms with E-state index in [-0.39, 0.29) is 0 Å². The molecule has 0 bridgehead atoms. The van der Waals surface area contributed by atoms with Crippen LogP contribution in [0, 0.1) is 0 Å². The summed E-state index contributed by atoms with van der Waals surface area (Å²) in [4.78, 5) is 14.8. The molecular weight excluding hydrogens is 701 g/mol. The van der Waals surface area contributed by atoms with Gasteiger partial charge < -0.3 is 13.4 Å². The maximum atomic E-state index is 6.68. The summed E-state index contributed by atoms with van der Waals surface area (Å²) < 4.78 is 15.5. The Bertz CT molecular complexity index is 3450. The lowest BCUT2D eigenvalue weighted by molar-refractivity contribution is 0.664. The van der Waals surface area contributed by atoms with Crippen LogP contribution in [0.4, 0.5) is 0 Å². The van der Waals surface area contributed by atoms with Crippen molar-refractivity contribution >= 4 is 65.7 Å². The van der Waals surface area contributed by atoms with E-state index in [4.69, 9.17) is 23.8 Å². The molecule has 12 rings (SSSR count). The molecule has 0 fully saturated rings. The van der Waals surface area contributed by atoms with Crippen molar-refractivity contribution in [2.75, 3.05) is 0 Å². The molecule has 0 aliphatic heterocycles. The molecule has 4 heterocycles. The molecular formula is C51H30N4O2. The molecule has 8 aromatic carbocycles. The third kappa shape index (κ3) is 5.08. The third-order valence-corrected chi connectivity index (χ3v) is 11.0. The van der Waals surface area contributed by atoms with Crippen molar-refractivity contribution < 1.29 is 8.83 Å². The lowest BCUT2D eigenvalue weighted by Gasteiger charge is -2.08. The summed E-state index contributed by atoms with van der Waals surface area (Å²) in [5, 5.41) is 6.41. The highest BCUT2D eigenvalue weighted by Crippen LogP contribution is 2.40. The summed E-state index contributed by atoms with van der Waals surface area (Å²) in [5.41, 5.74) is 11.7. The molecule has 0 saturated heterocycles. The van der Waals surface area contributed by atoms with Gasteiger partial charge >= 0.3 is 0 Å². The molecule has 0 aliphatic rings. The predicted octanol–water partition coefficient (Wildman–Crippen LogP) is 13.4. The van der Waals surface area contributed by atoms with Crippen molar-refractivity contribution in [1.82, 2.24) is 19.5 Å². The minimum Gasteiger partial charge on any atom is -0.456 e. The number of benzene rings is 8. The molecule has 0 N–H and O–H groups in total. The fourth-order valence-electron chi connectivity index (χ4n) is 8.31. The fourth-order valence-corrected chi connectivity index (χ4v) is 8.31. The average Bonchev–Trinajstić information content (AvgIpc) is 3.94. The maximum absolute atomic E-state index is 6.68. The molecule has 57 heavy (non-hydrogen) atoms. The third-order valence-electron chi connectivity index (χ3n) is 11.0. The SMILES string of the molecule is c1ccc(-c2ccc3c(c2)c2ccccc2n3-c2ccc3c(c2)oc2cc4c(cc23)oc2ccc(-c3nc(-c5ccccc5)nc(-c5ccccc5)n3)cc24)cc1. The van der Waals surface area contributed by atoms with Crippen LogP contribution in [0.15, 0.2) is 191 Å². The zero-order chi connectivity index (χ0) is 37.5. The van der Waals surface area contributed by atoms with Crippen LogP contribution in [0.3, 0.4) is 0 Å². The second-order valence-electron chi connectivity index (χ2n) is 14.4. The second-order valence-corrected chi connectivity index (χ2v) is 14.4. The number of hydrogen-bond donors (Lipinski definition) is 0. The van der Waals surface area contributed by atoms with Gasteiger partial charge in [-0.3, -0.25) is 0 Å². The molecule has 0 amide bonds. The molecule has 12 aromatic rings. The van der Waals surface area contributed by atoms with Gasteiger partial charge in [-0.1, -0.05) is 115 Å². The summed E-state index contributed by atoms with van der Waals surface area (Å²) in [7, 11) is 0. The summed E-state index contributed by atoms with van der Waals surface area (Å²) in [6.45, 7) is 0. The van der Waals surface area contributed by atoms with Crippen LogP contribution in [0.25, 0.3) is 117 Å². The van der Waals surface area contributed by atoms with Crippen molar-refractivity contribution in [3.63, 3.8) is 0 Å². The van der Waals surface area contributed by atoms with Crippen LogP contribution in [-0.2, 0) is 0 Å². The lowest BCUT2D eigenvalue weighted by Crippen LogP contribution is -2.00. The Morgan fingerprint density at radius 1 is 0.298 bits per heavy atom. The molecule has 0 radical (unpaired) electrons. The average molecular weight is 731 g/mol. The first kappa shape index (κ1) is 31.5. The first-order valence-corrected chi connectivity index (χ1v) is 19.0. The van der Waals surface area contributed by atoms with Gasteiger partial charge in [-0.2, -0.15) is 0 Å². The van der Waals surface area contributed by atoms with Gasteiger partial charge in [0.1, 0.15) is 22.3 Å². The van der Waals surface area contributed by atoms with Gasteiger partial charge in [0.05, 0.1) is 11.0 Å². The number of hydrogen-bond acceptors (Lipinski definition) is 5. The largest absolute Gasteiger partial charge is 0.456 e. The number of fused-ring (bicyclic) bond motifs is 9. The Kier molecular flexibility index (Phi) is 6.83. The summed E-state index contributed by atoms with van der Waals surface area (Å²) in [5.74, 6) is 1.84. The molecule has 0 saturated carbocycles. The van der Waals surface area contributed by atoms with Gasteiger partial charge in [0, 0.05) is 60.8 Å². The van der Waals surface area contributed by atoms with Gasteiger partial charge in [0.2, 0.25) is 0 Å². The smallest absolute Gasteiger partial charge is 0.164 e. The predicted molar refractivity (Wildman–Crippen MR) is 230 cm³/mol. The normalized spacial score (nSPS) is 11.9. The number of nitrogens with zero attached hydrogens (tertiary/aromatic N) is 4. The van der Waals surface area contributed by atoms with Gasteiger partial charge in [-0.15, -0.1) is 0 Å². The van der Waals surface area contributed by atoms with Gasteiger partial charge in [0.25, 0.3) is 0 Å². The summed E-state index contributed by atoms with van der Waals surface area (Å²) in [6, 6.07) is 62.8. The van der Waals surface area contributed by atoms with Crippen molar-refractivity contribution in [2.45, 2.75) is 0 Å². The first-order chi connectivity index (χ1) is 28.2. The molecule has 0 aliphatic carbocycles. The first-order valence-electron chi connectivity index (χ1n) is 19.0. The van der Waals surface area contributed by atoms with Crippen LogP contribution in [-0.4, -0.2) is 19.5 Å². The summed E-state index contributed by atoms with van der Waals surface area (Å²) in [6.07, 6.45) is 0. The van der Waals surface area contributed by atoms with E-state index in [2.05, 4.69) is 114 Å². The van der Waals surface area contributed by atoms with Crippen molar-refractivity contribution in [2.24, 2.45) is 0 Å². The number of furan rings is 2. The highest BCUT2D eigenvalue weighted by atomic mass is 16.3. The Labute approximate surface area is 325 Å². The zero-order valence-corrected chi connectivity index (χ0v) is 30.4. The Balaban J connectivity index is 0.983. The van der Waals surface area contributed by atoms with E-state index in [9.17, 15) is 0 Å². The minimum absolute atomic E-state index is 0.595. The monoisotopic (exact) mass is 730 g/mol. The highest BCUT2D eigenvalue weighted by molar-refractivity contribution is 6.16. The number of aromatic nitrogens is 4. The van der Waals surface area contributed by atoms with E-state index in [1.165, 1.54) is 21.9 Å². The lowest BCUT2D eigenvalue weighted by atomic mass is 10.0. The quantitative estimate of drug-likeness (QED) is 0.176. The van der Waals surface area contributed by atoms with E-state index in [1.807, 2.05) is 72.8 Å². The molecule has 4 aromatic heterocycles. The van der Waals surface area contributed by atoms with Crippen molar-refractivity contribution in [1.29, 1.82) is 0 Å². The van der Waals surface area contributed by atoms with E-state index in [1.54, 1.807) is 0 Å². The van der Waals surface area contributed by atoms with E-state index < -0.39 is 0 Å². The fraction of sp³-hybridized carbons (Fsp3) is 0. The topological polar surface area (TPSA) is 69.9 Å². The Hall–Kier alpha value is -7.83. The van der Waals surface area contributed by atoms with E-state index in [0.717, 1.165) is 77.3 Å². The Morgan fingerprint density at radius 2 is 0.807 bits per heavy atom. The number of para-hydroxylation sites is 1. The van der Waals surface area contributed by atoms with Crippen LogP contribution in [0.2, 0.25) is 0 Å². The van der Waals surface area contributed by atoms with Gasteiger partial charge in [0.15, 0.2) is 17.5 Å². The molecule has 0 spiro atoms. The van der Waals surface area contributed by atoms with Crippen molar-refractivity contribution in [3.05, 3.63) is 182 Å². The second kappa shape index (κ2) is 12.3. The molecule has 6 nitrogen and oxygen atoms in total. The van der Waals surface area contributed by atoms with Crippen LogP contribution in [0.5, 0.6) is 0 Å². The van der Waals surface area contributed by atoms with E-state index >= 15 is 0 Å². The minimum atomic E-state index is 0.595. The summed E-state index contributed by atoms with van der Waals surface area (Å²) >= 11 is 0. The van der Waals surface area contributed by atoms with Gasteiger partial charge in [-0.25, -0.2) is 15.0 Å². The van der Waals surface area contributed by atoms with Crippen molar-refractivity contribution in [3.8, 4) is 51.0 Å².